The maximum atomic E-state index is 12.8. The average Bonchev–Trinajstić information content (AvgIpc) is 2.44. The molecule has 2 saturated heterocycles. The quantitative estimate of drug-likeness (QED) is 0.822. The average molecular weight is 354 g/mol. The molecule has 0 amide bonds. The van der Waals surface area contributed by atoms with Crippen LogP contribution in [0, 0.1) is 17.8 Å². The summed E-state index contributed by atoms with van der Waals surface area (Å²) in [6, 6.07) is 0. The van der Waals surface area contributed by atoms with Gasteiger partial charge in [-0.15, -0.1) is 12.4 Å². The van der Waals surface area contributed by atoms with Crippen LogP contribution < -0.4 is 5.32 Å². The highest BCUT2D eigenvalue weighted by molar-refractivity contribution is 7.86. The number of nitrogens with zero attached hydrogens (tertiary/aromatic N) is 2. The summed E-state index contributed by atoms with van der Waals surface area (Å²) in [7, 11) is -3.25. The van der Waals surface area contributed by atoms with Gasteiger partial charge in [-0.1, -0.05) is 20.8 Å². The SMILES string of the molecule is CCNCC1CCN(S(=O)(=O)N2CC(C)CC(C)C2)CC1.Cl. The fourth-order valence-electron chi connectivity index (χ4n) is 3.65. The van der Waals surface area contributed by atoms with E-state index in [2.05, 4.69) is 26.1 Å². The van der Waals surface area contributed by atoms with E-state index in [1.165, 1.54) is 0 Å². The molecule has 0 aromatic rings. The minimum atomic E-state index is -3.25. The smallest absolute Gasteiger partial charge is 0.281 e. The molecule has 0 aromatic carbocycles. The summed E-state index contributed by atoms with van der Waals surface area (Å²) < 4.78 is 29.0. The molecular weight excluding hydrogens is 322 g/mol. The molecule has 0 radical (unpaired) electrons. The van der Waals surface area contributed by atoms with Crippen molar-refractivity contribution < 1.29 is 8.42 Å². The molecule has 22 heavy (non-hydrogen) atoms. The van der Waals surface area contributed by atoms with E-state index < -0.39 is 10.2 Å². The number of rotatable bonds is 5. The molecule has 132 valence electrons. The fourth-order valence-corrected chi connectivity index (χ4v) is 5.53. The zero-order valence-corrected chi connectivity index (χ0v) is 15.8. The van der Waals surface area contributed by atoms with Gasteiger partial charge in [0.15, 0.2) is 0 Å². The van der Waals surface area contributed by atoms with Gasteiger partial charge in [0, 0.05) is 26.2 Å². The first kappa shape index (κ1) is 20.2. The fraction of sp³-hybridized carbons (Fsp3) is 1.00. The zero-order chi connectivity index (χ0) is 15.5. The lowest BCUT2D eigenvalue weighted by molar-refractivity contribution is 0.195. The second kappa shape index (κ2) is 8.83. The van der Waals surface area contributed by atoms with Crippen molar-refractivity contribution in [2.24, 2.45) is 17.8 Å². The first-order valence-electron chi connectivity index (χ1n) is 8.39. The number of hydrogen-bond acceptors (Lipinski definition) is 3. The molecule has 2 atom stereocenters. The van der Waals surface area contributed by atoms with Crippen LogP contribution in [0.1, 0.15) is 40.0 Å². The molecule has 2 aliphatic rings. The third kappa shape index (κ3) is 5.06. The first-order valence-corrected chi connectivity index (χ1v) is 9.79. The highest BCUT2D eigenvalue weighted by Crippen LogP contribution is 2.27. The number of halogens is 1. The summed E-state index contributed by atoms with van der Waals surface area (Å²) in [6.07, 6.45) is 3.09. The van der Waals surface area contributed by atoms with Crippen molar-refractivity contribution in [1.82, 2.24) is 13.9 Å². The van der Waals surface area contributed by atoms with Crippen LogP contribution in [0.5, 0.6) is 0 Å². The van der Waals surface area contributed by atoms with Crippen LogP contribution >= 0.6 is 12.4 Å². The second-order valence-corrected chi connectivity index (χ2v) is 8.85. The van der Waals surface area contributed by atoms with E-state index in [0.29, 0.717) is 43.9 Å². The van der Waals surface area contributed by atoms with Gasteiger partial charge >= 0.3 is 0 Å². The molecule has 1 N–H and O–H groups in total. The molecule has 0 aromatic heterocycles. The van der Waals surface area contributed by atoms with E-state index in [1.54, 1.807) is 8.61 Å². The van der Waals surface area contributed by atoms with E-state index in [1.807, 2.05) is 0 Å². The van der Waals surface area contributed by atoms with Crippen LogP contribution in [0.2, 0.25) is 0 Å². The number of piperidine rings is 2. The monoisotopic (exact) mass is 353 g/mol. The van der Waals surface area contributed by atoms with Crippen molar-refractivity contribution in [1.29, 1.82) is 0 Å². The lowest BCUT2D eigenvalue weighted by atomic mass is 9.94. The molecule has 0 spiro atoms. The van der Waals surface area contributed by atoms with Gasteiger partial charge in [-0.3, -0.25) is 0 Å². The molecule has 2 unspecified atom stereocenters. The predicted molar refractivity (Wildman–Crippen MR) is 93.5 cm³/mol. The zero-order valence-electron chi connectivity index (χ0n) is 14.1. The molecule has 2 fully saturated rings. The van der Waals surface area contributed by atoms with Gasteiger partial charge in [-0.25, -0.2) is 0 Å². The lowest BCUT2D eigenvalue weighted by Crippen LogP contribution is -2.51. The first-order chi connectivity index (χ1) is 9.93. The van der Waals surface area contributed by atoms with Crippen LogP contribution in [0.4, 0.5) is 0 Å². The van der Waals surface area contributed by atoms with Crippen LogP contribution in [-0.2, 0) is 10.2 Å². The minimum absolute atomic E-state index is 0. The summed E-state index contributed by atoms with van der Waals surface area (Å²) in [5.74, 6) is 1.56. The molecule has 0 aliphatic carbocycles. The Morgan fingerprint density at radius 2 is 1.59 bits per heavy atom. The lowest BCUT2D eigenvalue weighted by Gasteiger charge is -2.39. The maximum Gasteiger partial charge on any atom is 0.281 e. The topological polar surface area (TPSA) is 52.7 Å². The van der Waals surface area contributed by atoms with Crippen molar-refractivity contribution in [3.8, 4) is 0 Å². The van der Waals surface area contributed by atoms with E-state index in [4.69, 9.17) is 0 Å². The maximum absolute atomic E-state index is 12.8. The molecule has 0 saturated carbocycles. The van der Waals surface area contributed by atoms with Crippen LogP contribution in [0.15, 0.2) is 0 Å². The van der Waals surface area contributed by atoms with E-state index in [-0.39, 0.29) is 12.4 Å². The third-order valence-corrected chi connectivity index (χ3v) is 6.71. The standard InChI is InChI=1S/C15H31N3O2S.ClH/c1-4-16-10-15-5-7-17(8-6-15)21(19,20)18-11-13(2)9-14(3)12-18;/h13-16H,4-12H2,1-3H3;1H. The second-order valence-electron chi connectivity index (χ2n) is 6.92. The van der Waals surface area contributed by atoms with Gasteiger partial charge in [-0.2, -0.15) is 17.0 Å². The molecule has 2 aliphatic heterocycles. The van der Waals surface area contributed by atoms with Gasteiger partial charge in [0.05, 0.1) is 0 Å². The van der Waals surface area contributed by atoms with Gasteiger partial charge in [0.1, 0.15) is 0 Å². The molecule has 7 heteroatoms. The van der Waals surface area contributed by atoms with Gasteiger partial charge < -0.3 is 5.32 Å². The van der Waals surface area contributed by atoms with Gasteiger partial charge in [0.2, 0.25) is 0 Å². The Hall–Kier alpha value is 0.120. The summed E-state index contributed by atoms with van der Waals surface area (Å²) >= 11 is 0. The summed E-state index contributed by atoms with van der Waals surface area (Å²) in [5, 5.41) is 3.37. The Kier molecular flexibility index (Phi) is 8.09. The van der Waals surface area contributed by atoms with Crippen molar-refractivity contribution in [3.05, 3.63) is 0 Å². The normalized spacial score (nSPS) is 29.2. The van der Waals surface area contributed by atoms with Crippen molar-refractivity contribution in [2.75, 3.05) is 39.3 Å². The van der Waals surface area contributed by atoms with E-state index in [0.717, 1.165) is 32.4 Å². The third-order valence-electron chi connectivity index (χ3n) is 4.74. The number of nitrogens with one attached hydrogen (secondary N) is 1. The minimum Gasteiger partial charge on any atom is -0.317 e. The van der Waals surface area contributed by atoms with Crippen molar-refractivity contribution in [3.63, 3.8) is 0 Å². The predicted octanol–water partition coefficient (Wildman–Crippen LogP) is 1.95. The Morgan fingerprint density at radius 1 is 1.05 bits per heavy atom. The van der Waals surface area contributed by atoms with Crippen LogP contribution in [0.3, 0.4) is 0 Å². The molecular formula is C15H32ClN3O2S. The summed E-state index contributed by atoms with van der Waals surface area (Å²) in [6.45, 7) is 11.1. The van der Waals surface area contributed by atoms with Crippen LogP contribution in [0.25, 0.3) is 0 Å². The summed E-state index contributed by atoms with van der Waals surface area (Å²) in [4.78, 5) is 0. The van der Waals surface area contributed by atoms with Gasteiger partial charge in [-0.05, 0) is 50.1 Å². The number of hydrogen-bond donors (Lipinski definition) is 1. The summed E-state index contributed by atoms with van der Waals surface area (Å²) in [5.41, 5.74) is 0. The Labute approximate surface area is 142 Å². The molecule has 0 bridgehead atoms. The largest absolute Gasteiger partial charge is 0.317 e. The van der Waals surface area contributed by atoms with Crippen LogP contribution in [-0.4, -0.2) is 56.3 Å². The van der Waals surface area contributed by atoms with Crippen molar-refractivity contribution >= 4 is 22.6 Å². The van der Waals surface area contributed by atoms with Crippen molar-refractivity contribution in [2.45, 2.75) is 40.0 Å². The molecule has 5 nitrogen and oxygen atoms in total. The van der Waals surface area contributed by atoms with E-state index in [9.17, 15) is 8.42 Å². The highest BCUT2D eigenvalue weighted by Gasteiger charge is 2.36. The van der Waals surface area contributed by atoms with Gasteiger partial charge in [0.25, 0.3) is 10.2 Å². The van der Waals surface area contributed by atoms with E-state index >= 15 is 0 Å². The molecule has 2 heterocycles. The highest BCUT2D eigenvalue weighted by atomic mass is 35.5. The molecule has 2 rings (SSSR count). The Bertz CT molecular complexity index is 415. The Morgan fingerprint density at radius 3 is 2.09 bits per heavy atom. The Balaban J connectivity index is 0.00000242.